The van der Waals surface area contributed by atoms with E-state index < -0.39 is 0 Å². The van der Waals surface area contributed by atoms with Crippen LogP contribution in [0, 0.1) is 0 Å². The maximum Gasteiger partial charge on any atom is 0.272 e. The number of benzene rings is 1. The van der Waals surface area contributed by atoms with Crippen LogP contribution in [0.15, 0.2) is 53.8 Å². The van der Waals surface area contributed by atoms with Crippen molar-refractivity contribution in [1.82, 2.24) is 10.4 Å². The lowest BCUT2D eigenvalue weighted by Crippen LogP contribution is -2.22. The molecule has 0 fully saturated rings. The van der Waals surface area contributed by atoms with Crippen LogP contribution in [0.3, 0.4) is 0 Å². The summed E-state index contributed by atoms with van der Waals surface area (Å²) in [5.74, 6) is -0.649. The second kappa shape index (κ2) is 5.54. The summed E-state index contributed by atoms with van der Waals surface area (Å²) < 4.78 is 0. The van der Waals surface area contributed by atoms with Crippen LogP contribution in [0.25, 0.3) is 11.3 Å². The molecule has 0 atom stereocenters. The third-order valence-corrected chi connectivity index (χ3v) is 3.01. The minimum atomic E-state index is -0.376. The Bertz CT molecular complexity index is 708. The van der Waals surface area contributed by atoms with Gasteiger partial charge in [-0.2, -0.15) is 5.10 Å². The number of hydrogen-bond donors (Lipinski definition) is 2. The summed E-state index contributed by atoms with van der Waals surface area (Å²) in [6, 6.07) is 13.0. The van der Waals surface area contributed by atoms with Crippen molar-refractivity contribution >= 4 is 23.2 Å². The fourth-order valence-corrected chi connectivity index (χ4v) is 1.95. The van der Waals surface area contributed by atoms with Gasteiger partial charge in [0.25, 0.3) is 5.91 Å². The van der Waals surface area contributed by atoms with Crippen LogP contribution in [0.2, 0.25) is 0 Å². The van der Waals surface area contributed by atoms with Crippen molar-refractivity contribution in [3.05, 3.63) is 48.7 Å². The lowest BCUT2D eigenvalue weighted by Gasteiger charge is -2.05. The molecule has 6 heteroatoms. The SMILES string of the molecule is O=C1CC(C(=O)Nc2ccc(-c3ccccn3)cc2)=NN1. The van der Waals surface area contributed by atoms with Gasteiger partial charge in [0.2, 0.25) is 5.91 Å². The minimum absolute atomic E-state index is 0.0118. The monoisotopic (exact) mass is 280 g/mol. The Morgan fingerprint density at radius 3 is 2.57 bits per heavy atom. The van der Waals surface area contributed by atoms with Crippen LogP contribution in [0.5, 0.6) is 0 Å². The zero-order valence-electron chi connectivity index (χ0n) is 11.0. The quantitative estimate of drug-likeness (QED) is 0.895. The number of anilines is 1. The van der Waals surface area contributed by atoms with Gasteiger partial charge in [0.05, 0.1) is 12.1 Å². The van der Waals surface area contributed by atoms with Gasteiger partial charge in [-0.25, -0.2) is 5.43 Å². The molecule has 0 saturated carbocycles. The highest BCUT2D eigenvalue weighted by Crippen LogP contribution is 2.19. The molecule has 0 bridgehead atoms. The van der Waals surface area contributed by atoms with E-state index in [9.17, 15) is 9.59 Å². The molecule has 2 heterocycles. The van der Waals surface area contributed by atoms with Gasteiger partial charge < -0.3 is 5.32 Å². The molecular formula is C15H12N4O2. The molecule has 1 aromatic carbocycles. The van der Waals surface area contributed by atoms with Crippen molar-refractivity contribution in [2.45, 2.75) is 6.42 Å². The predicted molar refractivity (Wildman–Crippen MR) is 78.5 cm³/mol. The molecule has 2 amide bonds. The minimum Gasteiger partial charge on any atom is -0.321 e. The van der Waals surface area contributed by atoms with Crippen molar-refractivity contribution in [2.75, 3.05) is 5.32 Å². The third-order valence-electron chi connectivity index (χ3n) is 3.01. The third kappa shape index (κ3) is 2.94. The zero-order chi connectivity index (χ0) is 14.7. The summed E-state index contributed by atoms with van der Waals surface area (Å²) in [5, 5.41) is 6.37. The molecule has 2 aromatic rings. The van der Waals surface area contributed by atoms with Gasteiger partial charge in [0, 0.05) is 17.4 Å². The largest absolute Gasteiger partial charge is 0.321 e. The van der Waals surface area contributed by atoms with E-state index in [0.29, 0.717) is 5.69 Å². The summed E-state index contributed by atoms with van der Waals surface area (Å²) in [4.78, 5) is 27.1. The molecule has 0 spiro atoms. The van der Waals surface area contributed by atoms with E-state index in [4.69, 9.17) is 0 Å². The van der Waals surface area contributed by atoms with E-state index in [1.165, 1.54) is 0 Å². The van der Waals surface area contributed by atoms with Gasteiger partial charge >= 0.3 is 0 Å². The standard InChI is InChI=1S/C15H12N4O2/c20-14-9-13(18-19-14)15(21)17-11-6-4-10(5-7-11)12-3-1-2-8-16-12/h1-8H,9H2,(H,17,21)(H,19,20). The lowest BCUT2D eigenvalue weighted by atomic mass is 10.1. The number of nitrogens with zero attached hydrogens (tertiary/aromatic N) is 2. The van der Waals surface area contributed by atoms with Gasteiger partial charge in [-0.05, 0) is 24.3 Å². The first-order valence-electron chi connectivity index (χ1n) is 6.40. The maximum atomic E-state index is 11.9. The number of carbonyl (C=O) groups is 2. The Morgan fingerprint density at radius 1 is 1.14 bits per heavy atom. The number of hydrogen-bond acceptors (Lipinski definition) is 4. The van der Waals surface area contributed by atoms with Crippen LogP contribution >= 0.6 is 0 Å². The first kappa shape index (κ1) is 13.0. The molecule has 21 heavy (non-hydrogen) atoms. The van der Waals surface area contributed by atoms with E-state index in [0.717, 1.165) is 11.3 Å². The van der Waals surface area contributed by atoms with Gasteiger partial charge in [-0.3, -0.25) is 14.6 Å². The fraction of sp³-hybridized carbons (Fsp3) is 0.0667. The number of rotatable bonds is 3. The maximum absolute atomic E-state index is 11.9. The summed E-state index contributed by atoms with van der Waals surface area (Å²) in [7, 11) is 0. The predicted octanol–water partition coefficient (Wildman–Crippen LogP) is 1.56. The number of pyridine rings is 1. The van der Waals surface area contributed by atoms with Crippen molar-refractivity contribution in [3.63, 3.8) is 0 Å². The molecule has 6 nitrogen and oxygen atoms in total. The summed E-state index contributed by atoms with van der Waals surface area (Å²) in [6.07, 6.45) is 1.74. The molecule has 1 aromatic heterocycles. The van der Waals surface area contributed by atoms with Crippen LogP contribution in [0.4, 0.5) is 5.69 Å². The molecule has 0 aliphatic carbocycles. The number of hydrazone groups is 1. The van der Waals surface area contributed by atoms with E-state index in [2.05, 4.69) is 20.8 Å². The van der Waals surface area contributed by atoms with Crippen molar-refractivity contribution < 1.29 is 9.59 Å². The summed E-state index contributed by atoms with van der Waals surface area (Å²) in [5.41, 5.74) is 4.90. The topological polar surface area (TPSA) is 83.5 Å². The molecule has 0 radical (unpaired) electrons. The van der Waals surface area contributed by atoms with E-state index in [1.807, 2.05) is 30.3 Å². The van der Waals surface area contributed by atoms with Crippen LogP contribution in [-0.4, -0.2) is 22.5 Å². The van der Waals surface area contributed by atoms with Crippen molar-refractivity contribution in [3.8, 4) is 11.3 Å². The number of amides is 2. The Hall–Kier alpha value is -3.02. The molecule has 2 N–H and O–H groups in total. The van der Waals surface area contributed by atoms with Crippen LogP contribution < -0.4 is 10.7 Å². The fourth-order valence-electron chi connectivity index (χ4n) is 1.95. The molecule has 1 aliphatic rings. The second-order valence-electron chi connectivity index (χ2n) is 4.52. The van der Waals surface area contributed by atoms with E-state index in [1.54, 1.807) is 18.3 Å². The Morgan fingerprint density at radius 2 is 1.95 bits per heavy atom. The highest BCUT2D eigenvalue weighted by Gasteiger charge is 2.21. The highest BCUT2D eigenvalue weighted by atomic mass is 16.2. The summed E-state index contributed by atoms with van der Waals surface area (Å²) in [6.45, 7) is 0. The summed E-state index contributed by atoms with van der Waals surface area (Å²) >= 11 is 0. The van der Waals surface area contributed by atoms with Gasteiger partial charge in [-0.1, -0.05) is 18.2 Å². The lowest BCUT2D eigenvalue weighted by molar-refractivity contribution is -0.119. The number of nitrogens with one attached hydrogen (secondary N) is 2. The Kier molecular flexibility index (Phi) is 3.42. The Labute approximate surface area is 120 Å². The number of carbonyl (C=O) groups excluding carboxylic acids is 2. The van der Waals surface area contributed by atoms with Gasteiger partial charge in [-0.15, -0.1) is 0 Å². The molecule has 0 saturated heterocycles. The van der Waals surface area contributed by atoms with Crippen molar-refractivity contribution in [2.24, 2.45) is 5.10 Å². The number of aromatic nitrogens is 1. The van der Waals surface area contributed by atoms with Gasteiger partial charge in [0.15, 0.2) is 0 Å². The van der Waals surface area contributed by atoms with Crippen LogP contribution in [0.1, 0.15) is 6.42 Å². The molecular weight excluding hydrogens is 268 g/mol. The first-order valence-corrected chi connectivity index (χ1v) is 6.40. The normalized spacial score (nSPS) is 13.5. The molecule has 104 valence electrons. The molecule has 3 rings (SSSR count). The first-order chi connectivity index (χ1) is 10.2. The molecule has 1 aliphatic heterocycles. The Balaban J connectivity index is 1.70. The van der Waals surface area contributed by atoms with Crippen LogP contribution in [-0.2, 0) is 9.59 Å². The van der Waals surface area contributed by atoms with Crippen molar-refractivity contribution in [1.29, 1.82) is 0 Å². The smallest absolute Gasteiger partial charge is 0.272 e. The van der Waals surface area contributed by atoms with E-state index in [-0.39, 0.29) is 23.9 Å². The van der Waals surface area contributed by atoms with E-state index >= 15 is 0 Å². The average molecular weight is 280 g/mol. The average Bonchev–Trinajstić information content (AvgIpc) is 2.96. The molecule has 0 unspecified atom stereocenters. The van der Waals surface area contributed by atoms with Gasteiger partial charge in [0.1, 0.15) is 5.71 Å². The highest BCUT2D eigenvalue weighted by molar-refractivity contribution is 6.46. The zero-order valence-corrected chi connectivity index (χ0v) is 11.0. The second-order valence-corrected chi connectivity index (χ2v) is 4.52.